The van der Waals surface area contributed by atoms with Crippen LogP contribution in [0.2, 0.25) is 0 Å². The molecular weight excluding hydrogens is 494 g/mol. The first-order chi connectivity index (χ1) is 19.4. The van der Waals surface area contributed by atoms with Gasteiger partial charge in [0.15, 0.2) is 0 Å². The second kappa shape index (κ2) is 7.79. The first-order valence-electron chi connectivity index (χ1n) is 13.2. The Morgan fingerprint density at radius 1 is 0.487 bits per heavy atom. The number of rotatable bonds is 2. The van der Waals surface area contributed by atoms with E-state index in [1.54, 1.807) is 0 Å². The van der Waals surface area contributed by atoms with E-state index >= 15 is 0 Å². The van der Waals surface area contributed by atoms with Crippen LogP contribution in [-0.2, 0) is 0 Å². The molecule has 4 heterocycles. The van der Waals surface area contributed by atoms with Crippen LogP contribution in [0.3, 0.4) is 0 Å². The van der Waals surface area contributed by atoms with Gasteiger partial charge >= 0.3 is 0 Å². The van der Waals surface area contributed by atoms with E-state index in [2.05, 4.69) is 137 Å². The molecule has 0 unspecified atom stereocenters. The third-order valence-corrected chi connectivity index (χ3v) is 9.13. The summed E-state index contributed by atoms with van der Waals surface area (Å²) in [5, 5.41) is 6.27. The van der Waals surface area contributed by atoms with Crippen molar-refractivity contribution < 1.29 is 0 Å². The predicted molar refractivity (Wildman–Crippen MR) is 166 cm³/mol. The van der Waals surface area contributed by atoms with E-state index in [4.69, 9.17) is 4.98 Å². The van der Waals surface area contributed by atoms with Crippen LogP contribution in [0.4, 0.5) is 0 Å². The molecule has 0 saturated carbocycles. The van der Waals surface area contributed by atoms with Crippen LogP contribution >= 0.6 is 11.3 Å². The number of thiophene rings is 1. The number of para-hydroxylation sites is 3. The first kappa shape index (κ1) is 21.1. The average molecular weight is 516 g/mol. The summed E-state index contributed by atoms with van der Waals surface area (Å²) in [6, 6.07) is 43.5. The average Bonchev–Trinajstić information content (AvgIpc) is 3.65. The lowest BCUT2D eigenvalue weighted by Crippen LogP contribution is -1.95. The van der Waals surface area contributed by atoms with Crippen molar-refractivity contribution >= 4 is 75.3 Å². The van der Waals surface area contributed by atoms with E-state index in [0.29, 0.717) is 0 Å². The molecule has 5 aromatic carbocycles. The van der Waals surface area contributed by atoms with E-state index in [1.165, 1.54) is 58.6 Å². The Hall–Kier alpha value is -4.93. The molecule has 0 bridgehead atoms. The molecular formula is C35H21N3S. The molecule has 0 spiro atoms. The molecule has 4 aromatic heterocycles. The minimum atomic E-state index is 1.09. The van der Waals surface area contributed by atoms with Gasteiger partial charge in [0.05, 0.1) is 38.5 Å². The standard InChI is InChI=1S/C35H21N3S/c1-2-10-22(11-3-1)37-28-15-7-4-12-24(28)27-20-23(18-19-30(27)37)38-29-16-8-5-13-25(29)33-31(38)21-36-34-26-14-6-9-17-32(26)39-35(33)34/h1-21H. The normalized spacial score (nSPS) is 12.1. The minimum Gasteiger partial charge on any atom is -0.309 e. The maximum Gasteiger partial charge on any atom is 0.0896 e. The molecule has 0 fully saturated rings. The van der Waals surface area contributed by atoms with Gasteiger partial charge in [0.2, 0.25) is 0 Å². The molecule has 0 aliphatic rings. The van der Waals surface area contributed by atoms with E-state index < -0.39 is 0 Å². The van der Waals surface area contributed by atoms with Crippen molar-refractivity contribution in [2.24, 2.45) is 0 Å². The van der Waals surface area contributed by atoms with Gasteiger partial charge in [-0.2, -0.15) is 0 Å². The minimum absolute atomic E-state index is 1.09. The van der Waals surface area contributed by atoms with Gasteiger partial charge in [0.1, 0.15) is 0 Å². The zero-order valence-electron chi connectivity index (χ0n) is 20.9. The summed E-state index contributed by atoms with van der Waals surface area (Å²) in [5.41, 5.74) is 8.17. The summed E-state index contributed by atoms with van der Waals surface area (Å²) in [5.74, 6) is 0. The predicted octanol–water partition coefficient (Wildman–Crippen LogP) is 9.64. The molecule has 182 valence electrons. The second-order valence-corrected chi connectivity index (χ2v) is 11.1. The number of pyridine rings is 1. The zero-order valence-corrected chi connectivity index (χ0v) is 21.7. The van der Waals surface area contributed by atoms with Crippen LogP contribution in [0.15, 0.2) is 128 Å². The van der Waals surface area contributed by atoms with E-state index in [1.807, 2.05) is 11.3 Å². The maximum absolute atomic E-state index is 5.02. The van der Waals surface area contributed by atoms with Gasteiger partial charge in [0, 0.05) is 43.0 Å². The van der Waals surface area contributed by atoms with Gasteiger partial charge < -0.3 is 9.13 Å². The molecule has 0 saturated heterocycles. The third-order valence-electron chi connectivity index (χ3n) is 7.95. The molecule has 0 atom stereocenters. The molecule has 9 rings (SSSR count). The molecule has 0 amide bonds. The monoisotopic (exact) mass is 515 g/mol. The molecule has 9 aromatic rings. The second-order valence-electron chi connectivity index (χ2n) is 10.0. The molecule has 0 radical (unpaired) electrons. The van der Waals surface area contributed by atoms with Crippen LogP contribution < -0.4 is 0 Å². The van der Waals surface area contributed by atoms with Gasteiger partial charge in [0.25, 0.3) is 0 Å². The van der Waals surface area contributed by atoms with Crippen molar-refractivity contribution in [3.63, 3.8) is 0 Å². The van der Waals surface area contributed by atoms with Gasteiger partial charge in [-0.15, -0.1) is 11.3 Å². The molecule has 3 nitrogen and oxygen atoms in total. The number of hydrogen-bond donors (Lipinski definition) is 0. The molecule has 39 heavy (non-hydrogen) atoms. The van der Waals surface area contributed by atoms with Crippen molar-refractivity contribution in [3.8, 4) is 11.4 Å². The van der Waals surface area contributed by atoms with Crippen LogP contribution in [0.25, 0.3) is 75.3 Å². The number of aromatic nitrogens is 3. The summed E-state index contributed by atoms with van der Waals surface area (Å²) < 4.78 is 7.28. The summed E-state index contributed by atoms with van der Waals surface area (Å²) >= 11 is 1.84. The fraction of sp³-hybridized carbons (Fsp3) is 0. The van der Waals surface area contributed by atoms with Crippen LogP contribution in [-0.4, -0.2) is 14.1 Å². The molecule has 0 aliphatic carbocycles. The quantitative estimate of drug-likeness (QED) is 0.225. The van der Waals surface area contributed by atoms with Crippen LogP contribution in [0.5, 0.6) is 0 Å². The van der Waals surface area contributed by atoms with Crippen molar-refractivity contribution in [3.05, 3.63) is 128 Å². The van der Waals surface area contributed by atoms with Gasteiger partial charge in [-0.3, -0.25) is 4.98 Å². The summed E-state index contributed by atoms with van der Waals surface area (Å²) in [6.07, 6.45) is 2.06. The topological polar surface area (TPSA) is 22.8 Å². The highest BCUT2D eigenvalue weighted by Crippen LogP contribution is 2.42. The third kappa shape index (κ3) is 2.84. The fourth-order valence-corrected chi connectivity index (χ4v) is 7.53. The molecule has 4 heteroatoms. The molecule has 0 aliphatic heterocycles. The van der Waals surface area contributed by atoms with Gasteiger partial charge in [-0.05, 0) is 48.5 Å². The van der Waals surface area contributed by atoms with Crippen molar-refractivity contribution in [1.29, 1.82) is 0 Å². The highest BCUT2D eigenvalue weighted by molar-refractivity contribution is 7.26. The van der Waals surface area contributed by atoms with Crippen molar-refractivity contribution in [1.82, 2.24) is 14.1 Å². The van der Waals surface area contributed by atoms with Crippen LogP contribution in [0, 0.1) is 0 Å². The highest BCUT2D eigenvalue weighted by Gasteiger charge is 2.19. The number of fused-ring (bicyclic) bond motifs is 10. The number of nitrogens with zero attached hydrogens (tertiary/aromatic N) is 3. The van der Waals surface area contributed by atoms with Crippen LogP contribution in [0.1, 0.15) is 0 Å². The number of hydrogen-bond acceptors (Lipinski definition) is 2. The first-order valence-corrected chi connectivity index (χ1v) is 14.0. The Morgan fingerprint density at radius 3 is 1.97 bits per heavy atom. The Bertz CT molecular complexity index is 2390. The van der Waals surface area contributed by atoms with Crippen molar-refractivity contribution in [2.45, 2.75) is 0 Å². The maximum atomic E-state index is 5.02. The smallest absolute Gasteiger partial charge is 0.0896 e. The highest BCUT2D eigenvalue weighted by atomic mass is 32.1. The van der Waals surface area contributed by atoms with Gasteiger partial charge in [-0.1, -0.05) is 72.8 Å². The van der Waals surface area contributed by atoms with E-state index in [0.717, 1.165) is 16.7 Å². The Labute approximate surface area is 227 Å². The van der Waals surface area contributed by atoms with E-state index in [9.17, 15) is 0 Å². The number of benzene rings is 5. The van der Waals surface area contributed by atoms with Crippen molar-refractivity contribution in [2.75, 3.05) is 0 Å². The summed E-state index contributed by atoms with van der Waals surface area (Å²) in [7, 11) is 0. The fourth-order valence-electron chi connectivity index (χ4n) is 6.31. The Morgan fingerprint density at radius 2 is 1.13 bits per heavy atom. The summed E-state index contributed by atoms with van der Waals surface area (Å²) in [4.78, 5) is 5.02. The Balaban J connectivity index is 1.39. The Kier molecular flexibility index (Phi) is 4.21. The van der Waals surface area contributed by atoms with E-state index in [-0.39, 0.29) is 0 Å². The zero-order chi connectivity index (χ0) is 25.5. The van der Waals surface area contributed by atoms with Gasteiger partial charge in [-0.25, -0.2) is 0 Å². The largest absolute Gasteiger partial charge is 0.309 e. The lowest BCUT2D eigenvalue weighted by atomic mass is 10.1. The SMILES string of the molecule is c1ccc(-n2c3ccccc3c3cc(-n4c5ccccc5c5c6sc7ccccc7c6ncc54)ccc32)cc1. The summed E-state index contributed by atoms with van der Waals surface area (Å²) in [6.45, 7) is 0. The lowest BCUT2D eigenvalue weighted by molar-refractivity contribution is 1.16. The molecule has 0 N–H and O–H groups in total. The lowest BCUT2D eigenvalue weighted by Gasteiger charge is -2.10.